The Kier molecular flexibility index (Phi) is 5.41. The van der Waals surface area contributed by atoms with Gasteiger partial charge in [0.1, 0.15) is 4.21 Å². The van der Waals surface area contributed by atoms with Gasteiger partial charge in [-0.1, -0.05) is 13.8 Å². The molecule has 0 aliphatic carbocycles. The summed E-state index contributed by atoms with van der Waals surface area (Å²) in [5.74, 6) is 0.312. The molecule has 0 N–H and O–H groups in total. The summed E-state index contributed by atoms with van der Waals surface area (Å²) < 4.78 is 28.1. The van der Waals surface area contributed by atoms with Gasteiger partial charge in [0.15, 0.2) is 0 Å². The average molecular weight is 354 g/mol. The zero-order chi connectivity index (χ0) is 14.1. The zero-order valence-corrected chi connectivity index (χ0v) is 14.6. The summed E-state index contributed by atoms with van der Waals surface area (Å²) in [6.45, 7) is 10.3. The molecular weight excluding hydrogens is 334 g/mol. The first-order valence-corrected chi connectivity index (χ1v) is 8.99. The van der Waals surface area contributed by atoms with E-state index >= 15 is 0 Å². The van der Waals surface area contributed by atoms with Gasteiger partial charge in [0.25, 0.3) is 10.0 Å². The fourth-order valence-electron chi connectivity index (χ4n) is 1.62. The van der Waals surface area contributed by atoms with Crippen LogP contribution in [-0.2, 0) is 10.0 Å². The number of thiophene rings is 1. The third-order valence-electron chi connectivity index (χ3n) is 2.52. The van der Waals surface area contributed by atoms with E-state index in [4.69, 9.17) is 0 Å². The van der Waals surface area contributed by atoms with Crippen molar-refractivity contribution in [1.29, 1.82) is 0 Å². The lowest BCUT2D eigenvalue weighted by atomic mass is 10.2. The molecule has 0 aliphatic heterocycles. The molecule has 6 heteroatoms. The van der Waals surface area contributed by atoms with Gasteiger partial charge in [0.05, 0.1) is 3.79 Å². The molecule has 0 aliphatic rings. The minimum atomic E-state index is -3.38. The number of halogens is 1. The predicted octanol–water partition coefficient (Wildman–Crippen LogP) is 3.87. The minimum Gasteiger partial charge on any atom is -0.206 e. The first-order valence-electron chi connectivity index (χ1n) is 5.94. The lowest BCUT2D eigenvalue weighted by Gasteiger charge is -2.26. The van der Waals surface area contributed by atoms with Crippen LogP contribution in [0.1, 0.15) is 33.3 Å². The maximum Gasteiger partial charge on any atom is 0.252 e. The molecule has 1 aromatic rings. The van der Waals surface area contributed by atoms with Gasteiger partial charge in [-0.25, -0.2) is 8.42 Å². The maximum atomic E-state index is 12.6. The van der Waals surface area contributed by atoms with Crippen LogP contribution in [0.4, 0.5) is 0 Å². The first kappa shape index (κ1) is 16.1. The Bertz CT molecular complexity index is 487. The summed E-state index contributed by atoms with van der Waals surface area (Å²) in [5.41, 5.74) is 0.965. The highest BCUT2D eigenvalue weighted by atomic mass is 79.9. The van der Waals surface area contributed by atoms with Crippen molar-refractivity contribution >= 4 is 37.3 Å². The fraction of sp³-hybridized carbons (Fsp3) is 0.667. The van der Waals surface area contributed by atoms with Crippen molar-refractivity contribution in [2.75, 3.05) is 6.54 Å². The number of rotatable bonds is 5. The molecule has 0 radical (unpaired) electrons. The topological polar surface area (TPSA) is 37.4 Å². The van der Waals surface area contributed by atoms with Gasteiger partial charge in [0, 0.05) is 12.6 Å². The third kappa shape index (κ3) is 3.56. The van der Waals surface area contributed by atoms with E-state index in [1.807, 2.05) is 34.6 Å². The van der Waals surface area contributed by atoms with Crippen LogP contribution >= 0.6 is 27.3 Å². The molecule has 0 atom stereocenters. The lowest BCUT2D eigenvalue weighted by molar-refractivity contribution is 0.319. The summed E-state index contributed by atoms with van der Waals surface area (Å²) >= 11 is 4.66. The van der Waals surface area contributed by atoms with Crippen LogP contribution < -0.4 is 0 Å². The van der Waals surface area contributed by atoms with Crippen LogP contribution in [0.15, 0.2) is 14.1 Å². The van der Waals surface area contributed by atoms with E-state index < -0.39 is 10.0 Å². The van der Waals surface area contributed by atoms with E-state index in [0.29, 0.717) is 16.7 Å². The Morgan fingerprint density at radius 2 is 1.89 bits per heavy atom. The van der Waals surface area contributed by atoms with Crippen LogP contribution in [0.2, 0.25) is 0 Å². The van der Waals surface area contributed by atoms with Gasteiger partial charge in [0.2, 0.25) is 0 Å². The molecular formula is C12H20BrNO2S2. The monoisotopic (exact) mass is 353 g/mol. The highest BCUT2D eigenvalue weighted by Gasteiger charge is 2.29. The standard InChI is InChI=1S/C12H20BrNO2S2/c1-8(2)7-14(9(3)4)18(15,16)11-6-10(5)12(13)17-11/h6,8-9H,7H2,1-5H3. The summed E-state index contributed by atoms with van der Waals surface area (Å²) in [6, 6.07) is 1.71. The number of nitrogens with zero attached hydrogens (tertiary/aromatic N) is 1. The van der Waals surface area contributed by atoms with Crippen molar-refractivity contribution in [2.24, 2.45) is 5.92 Å². The van der Waals surface area contributed by atoms with Crippen molar-refractivity contribution in [3.8, 4) is 0 Å². The summed E-state index contributed by atoms with van der Waals surface area (Å²) in [5, 5.41) is 0. The van der Waals surface area contributed by atoms with Crippen molar-refractivity contribution in [3.05, 3.63) is 15.4 Å². The van der Waals surface area contributed by atoms with E-state index in [1.165, 1.54) is 11.3 Å². The minimum absolute atomic E-state index is 0.0291. The lowest BCUT2D eigenvalue weighted by Crippen LogP contribution is -2.39. The van der Waals surface area contributed by atoms with Gasteiger partial charge in [-0.15, -0.1) is 11.3 Å². The van der Waals surface area contributed by atoms with E-state index in [0.717, 1.165) is 9.35 Å². The predicted molar refractivity (Wildman–Crippen MR) is 80.6 cm³/mol. The van der Waals surface area contributed by atoms with Crippen molar-refractivity contribution in [1.82, 2.24) is 4.31 Å². The van der Waals surface area contributed by atoms with Crippen LogP contribution in [0.5, 0.6) is 0 Å². The highest BCUT2D eigenvalue weighted by Crippen LogP contribution is 2.33. The van der Waals surface area contributed by atoms with Gasteiger partial charge >= 0.3 is 0 Å². The second-order valence-corrected chi connectivity index (χ2v) is 9.57. The van der Waals surface area contributed by atoms with Crippen molar-refractivity contribution < 1.29 is 8.42 Å². The van der Waals surface area contributed by atoms with Gasteiger partial charge in [-0.2, -0.15) is 4.31 Å². The Balaban J connectivity index is 3.17. The Morgan fingerprint density at radius 1 is 1.33 bits per heavy atom. The highest BCUT2D eigenvalue weighted by molar-refractivity contribution is 9.11. The smallest absolute Gasteiger partial charge is 0.206 e. The fourth-order valence-corrected chi connectivity index (χ4v) is 5.78. The molecule has 1 aromatic heterocycles. The molecule has 0 amide bonds. The number of aryl methyl sites for hydroxylation is 1. The van der Waals surface area contributed by atoms with E-state index in [1.54, 1.807) is 10.4 Å². The van der Waals surface area contributed by atoms with E-state index in [9.17, 15) is 8.42 Å². The summed E-state index contributed by atoms with van der Waals surface area (Å²) in [6.07, 6.45) is 0. The molecule has 0 saturated heterocycles. The average Bonchev–Trinajstić information content (AvgIpc) is 2.55. The van der Waals surface area contributed by atoms with Crippen LogP contribution in [0.25, 0.3) is 0 Å². The molecule has 0 fully saturated rings. The molecule has 0 saturated carbocycles. The largest absolute Gasteiger partial charge is 0.252 e. The molecule has 0 spiro atoms. The Hall–Kier alpha value is 0.0900. The second kappa shape index (κ2) is 6.03. The van der Waals surface area contributed by atoms with Crippen molar-refractivity contribution in [2.45, 2.75) is 44.9 Å². The first-order chi connectivity index (χ1) is 8.16. The van der Waals surface area contributed by atoms with Crippen LogP contribution in [-0.4, -0.2) is 25.3 Å². The molecule has 1 rings (SSSR count). The molecule has 18 heavy (non-hydrogen) atoms. The molecule has 3 nitrogen and oxygen atoms in total. The number of sulfonamides is 1. The molecule has 1 heterocycles. The van der Waals surface area contributed by atoms with Gasteiger partial charge in [-0.3, -0.25) is 0 Å². The molecule has 0 aromatic carbocycles. The van der Waals surface area contributed by atoms with Gasteiger partial charge in [-0.05, 0) is 54.2 Å². The molecule has 104 valence electrons. The van der Waals surface area contributed by atoms with E-state index in [2.05, 4.69) is 15.9 Å². The van der Waals surface area contributed by atoms with E-state index in [-0.39, 0.29) is 6.04 Å². The molecule has 0 bridgehead atoms. The van der Waals surface area contributed by atoms with Crippen LogP contribution in [0.3, 0.4) is 0 Å². The van der Waals surface area contributed by atoms with Crippen molar-refractivity contribution in [3.63, 3.8) is 0 Å². The Labute approximate surface area is 122 Å². The number of hydrogen-bond donors (Lipinski definition) is 0. The maximum absolute atomic E-state index is 12.6. The second-order valence-electron chi connectivity index (χ2n) is 5.08. The number of hydrogen-bond acceptors (Lipinski definition) is 3. The van der Waals surface area contributed by atoms with Gasteiger partial charge < -0.3 is 0 Å². The quantitative estimate of drug-likeness (QED) is 0.805. The Morgan fingerprint density at radius 3 is 2.22 bits per heavy atom. The normalized spacial score (nSPS) is 12.9. The summed E-state index contributed by atoms with van der Waals surface area (Å²) in [4.78, 5) is 0. The SMILES string of the molecule is Cc1cc(S(=O)(=O)N(CC(C)C)C(C)C)sc1Br. The third-order valence-corrected chi connectivity index (χ3v) is 7.15. The summed E-state index contributed by atoms with van der Waals surface area (Å²) in [7, 11) is -3.38. The molecule has 0 unspecified atom stereocenters. The van der Waals surface area contributed by atoms with Crippen LogP contribution in [0, 0.1) is 12.8 Å². The zero-order valence-electron chi connectivity index (χ0n) is 11.4.